The van der Waals surface area contributed by atoms with Crippen LogP contribution in [0, 0.1) is 0 Å². The van der Waals surface area contributed by atoms with Gasteiger partial charge in [-0.3, -0.25) is 14.8 Å². The van der Waals surface area contributed by atoms with Crippen molar-refractivity contribution in [3.05, 3.63) is 71.4 Å². The summed E-state index contributed by atoms with van der Waals surface area (Å²) in [6, 6.07) is 13.8. The number of hydrogen-bond donors (Lipinski definition) is 2. The maximum Gasteiger partial charge on any atom is 0.252 e. The minimum Gasteiger partial charge on any atom is -0.368 e. The fraction of sp³-hybridized carbons (Fsp3) is 0.190. The average molecular weight is 372 g/mol. The molecule has 140 valence electrons. The fourth-order valence-corrected chi connectivity index (χ4v) is 3.68. The molecule has 0 aliphatic carbocycles. The van der Waals surface area contributed by atoms with E-state index in [1.165, 1.54) is 17.1 Å². The van der Waals surface area contributed by atoms with Crippen molar-refractivity contribution in [2.45, 2.75) is 0 Å². The van der Waals surface area contributed by atoms with Gasteiger partial charge in [-0.1, -0.05) is 0 Å². The van der Waals surface area contributed by atoms with Gasteiger partial charge in [-0.05, 0) is 36.4 Å². The van der Waals surface area contributed by atoms with Gasteiger partial charge in [0.1, 0.15) is 0 Å². The molecule has 0 amide bonds. The third kappa shape index (κ3) is 3.11. The molecule has 0 bridgehead atoms. The van der Waals surface area contributed by atoms with E-state index in [4.69, 9.17) is 0 Å². The lowest BCUT2D eigenvalue weighted by molar-refractivity contribution is 0.639. The highest BCUT2D eigenvalue weighted by atomic mass is 16.1. The van der Waals surface area contributed by atoms with Crippen molar-refractivity contribution in [3.63, 3.8) is 0 Å². The number of H-pyrrole nitrogens is 2. The molecular weight excluding hydrogens is 352 g/mol. The van der Waals surface area contributed by atoms with Gasteiger partial charge in [-0.25, -0.2) is 4.98 Å². The van der Waals surface area contributed by atoms with Crippen LogP contribution in [0.15, 0.2) is 65.8 Å². The molecule has 1 fully saturated rings. The number of aromatic amines is 2. The van der Waals surface area contributed by atoms with Crippen LogP contribution in [0.25, 0.3) is 22.2 Å². The van der Waals surface area contributed by atoms with Gasteiger partial charge >= 0.3 is 0 Å². The number of anilines is 2. The number of rotatable bonds is 3. The molecule has 1 aliphatic heterocycles. The minimum atomic E-state index is -0.142. The molecule has 1 aliphatic rings. The molecule has 0 saturated carbocycles. The van der Waals surface area contributed by atoms with E-state index in [1.54, 1.807) is 12.4 Å². The molecule has 2 N–H and O–H groups in total. The van der Waals surface area contributed by atoms with E-state index in [-0.39, 0.29) is 5.56 Å². The van der Waals surface area contributed by atoms with E-state index in [0.29, 0.717) is 11.6 Å². The van der Waals surface area contributed by atoms with Crippen LogP contribution in [0.1, 0.15) is 0 Å². The van der Waals surface area contributed by atoms with Gasteiger partial charge in [0, 0.05) is 73.0 Å². The van der Waals surface area contributed by atoms with Gasteiger partial charge in [0.2, 0.25) is 5.95 Å². The molecule has 0 unspecified atom stereocenters. The van der Waals surface area contributed by atoms with E-state index in [2.05, 4.69) is 54.0 Å². The molecule has 1 aromatic carbocycles. The zero-order valence-electron chi connectivity index (χ0n) is 15.3. The summed E-state index contributed by atoms with van der Waals surface area (Å²) in [6.07, 6.45) is 5.38. The van der Waals surface area contributed by atoms with Gasteiger partial charge in [0.15, 0.2) is 0 Å². The number of nitrogens with one attached hydrogen (secondary N) is 2. The van der Waals surface area contributed by atoms with Crippen LogP contribution in [-0.4, -0.2) is 46.1 Å². The van der Waals surface area contributed by atoms with E-state index < -0.39 is 0 Å². The van der Waals surface area contributed by atoms with E-state index >= 15 is 0 Å². The zero-order chi connectivity index (χ0) is 18.9. The lowest BCUT2D eigenvalue weighted by Crippen LogP contribution is -2.47. The van der Waals surface area contributed by atoms with E-state index in [0.717, 1.165) is 37.3 Å². The zero-order valence-corrected chi connectivity index (χ0v) is 15.3. The summed E-state index contributed by atoms with van der Waals surface area (Å²) in [7, 11) is 0. The van der Waals surface area contributed by atoms with E-state index in [9.17, 15) is 4.79 Å². The van der Waals surface area contributed by atoms with Crippen LogP contribution in [0.2, 0.25) is 0 Å². The molecule has 0 spiro atoms. The first kappa shape index (κ1) is 16.6. The number of pyridine rings is 1. The molecular formula is C21H20N6O. The first-order chi connectivity index (χ1) is 13.8. The number of nitrogens with zero attached hydrogens (tertiary/aromatic N) is 4. The lowest BCUT2D eigenvalue weighted by atomic mass is 10.2. The summed E-state index contributed by atoms with van der Waals surface area (Å²) in [6.45, 7) is 3.35. The third-order valence-electron chi connectivity index (χ3n) is 5.19. The summed E-state index contributed by atoms with van der Waals surface area (Å²) in [4.78, 5) is 31.5. The summed E-state index contributed by atoms with van der Waals surface area (Å²) in [5.74, 6) is 0.625. The first-order valence-corrected chi connectivity index (χ1v) is 9.35. The Morgan fingerprint density at radius 3 is 2.50 bits per heavy atom. The second-order valence-corrected chi connectivity index (χ2v) is 6.91. The molecule has 4 aromatic rings. The molecule has 4 heterocycles. The number of hydrogen-bond acceptors (Lipinski definition) is 5. The Kier molecular flexibility index (Phi) is 4.05. The average Bonchev–Trinajstić information content (AvgIpc) is 3.22. The number of aromatic nitrogens is 4. The van der Waals surface area contributed by atoms with Gasteiger partial charge < -0.3 is 14.8 Å². The molecule has 7 nitrogen and oxygen atoms in total. The maximum absolute atomic E-state index is 12.2. The predicted molar refractivity (Wildman–Crippen MR) is 111 cm³/mol. The van der Waals surface area contributed by atoms with Crippen molar-refractivity contribution in [1.82, 2.24) is 19.9 Å². The molecule has 5 rings (SSSR count). The van der Waals surface area contributed by atoms with Crippen LogP contribution in [0.5, 0.6) is 0 Å². The molecule has 0 atom stereocenters. The highest BCUT2D eigenvalue weighted by Gasteiger charge is 2.20. The van der Waals surface area contributed by atoms with Crippen LogP contribution in [0.3, 0.4) is 0 Å². The Morgan fingerprint density at radius 2 is 1.68 bits per heavy atom. The standard InChI is InChI=1S/C21H20N6O/c28-20-14-19(15-3-6-22-7-4-15)24-21(25-20)27-11-9-26(10-12-27)17-1-2-18-16(13-17)5-8-23-18/h1-8,13-14,23H,9-12H2,(H,24,25,28). The molecule has 7 heteroatoms. The summed E-state index contributed by atoms with van der Waals surface area (Å²) in [5.41, 5.74) is 3.79. The summed E-state index contributed by atoms with van der Waals surface area (Å²) in [5, 5.41) is 1.22. The van der Waals surface area contributed by atoms with Crippen LogP contribution in [0.4, 0.5) is 11.6 Å². The third-order valence-corrected chi connectivity index (χ3v) is 5.19. The normalized spacial score (nSPS) is 14.6. The van der Waals surface area contributed by atoms with Gasteiger partial charge in [-0.2, -0.15) is 0 Å². The lowest BCUT2D eigenvalue weighted by Gasteiger charge is -2.36. The quantitative estimate of drug-likeness (QED) is 0.578. The topological polar surface area (TPSA) is 80.9 Å². The van der Waals surface area contributed by atoms with Gasteiger partial charge in [0.05, 0.1) is 5.69 Å². The van der Waals surface area contributed by atoms with Gasteiger partial charge in [-0.15, -0.1) is 0 Å². The second-order valence-electron chi connectivity index (χ2n) is 6.91. The fourth-order valence-electron chi connectivity index (χ4n) is 3.68. The van der Waals surface area contributed by atoms with Crippen molar-refractivity contribution < 1.29 is 0 Å². The van der Waals surface area contributed by atoms with Crippen molar-refractivity contribution in [2.24, 2.45) is 0 Å². The Balaban J connectivity index is 1.35. The monoisotopic (exact) mass is 372 g/mol. The van der Waals surface area contributed by atoms with Crippen molar-refractivity contribution in [1.29, 1.82) is 0 Å². The van der Waals surface area contributed by atoms with E-state index in [1.807, 2.05) is 18.3 Å². The van der Waals surface area contributed by atoms with Crippen LogP contribution < -0.4 is 15.4 Å². The maximum atomic E-state index is 12.2. The first-order valence-electron chi connectivity index (χ1n) is 9.35. The van der Waals surface area contributed by atoms with Crippen molar-refractivity contribution in [2.75, 3.05) is 36.0 Å². The number of piperazine rings is 1. The molecule has 0 radical (unpaired) electrons. The molecule has 1 saturated heterocycles. The molecule has 28 heavy (non-hydrogen) atoms. The largest absolute Gasteiger partial charge is 0.368 e. The van der Waals surface area contributed by atoms with Gasteiger partial charge in [0.25, 0.3) is 5.56 Å². The Labute approximate surface area is 161 Å². The highest BCUT2D eigenvalue weighted by molar-refractivity contribution is 5.83. The van der Waals surface area contributed by atoms with Crippen molar-refractivity contribution in [3.8, 4) is 11.3 Å². The Bertz CT molecular complexity index is 1160. The Hall–Kier alpha value is -3.61. The minimum absolute atomic E-state index is 0.142. The van der Waals surface area contributed by atoms with Crippen LogP contribution in [-0.2, 0) is 0 Å². The number of benzene rings is 1. The van der Waals surface area contributed by atoms with Crippen LogP contribution >= 0.6 is 0 Å². The summed E-state index contributed by atoms with van der Waals surface area (Å²) < 4.78 is 0. The summed E-state index contributed by atoms with van der Waals surface area (Å²) >= 11 is 0. The second kappa shape index (κ2) is 6.84. The highest BCUT2D eigenvalue weighted by Crippen LogP contribution is 2.23. The number of fused-ring (bicyclic) bond motifs is 1. The predicted octanol–water partition coefficient (Wildman–Crippen LogP) is 2.64. The SMILES string of the molecule is O=c1cc(-c2ccncc2)nc(N2CCN(c3ccc4[nH]ccc4c3)CC2)[nH]1. The molecule has 3 aromatic heterocycles. The Morgan fingerprint density at radius 1 is 0.893 bits per heavy atom. The van der Waals surface area contributed by atoms with Crippen molar-refractivity contribution >= 4 is 22.5 Å². The smallest absolute Gasteiger partial charge is 0.252 e.